The largest absolute Gasteiger partial charge is 0.493 e. The Balaban J connectivity index is 2.03. The van der Waals surface area contributed by atoms with E-state index in [9.17, 15) is 4.79 Å². The van der Waals surface area contributed by atoms with Crippen molar-refractivity contribution in [1.82, 2.24) is 5.32 Å². The topological polar surface area (TPSA) is 69.2 Å². The highest BCUT2D eigenvalue weighted by molar-refractivity contribution is 14.1. The minimum atomic E-state index is -0.311. The quantitative estimate of drug-likeness (QED) is 0.502. The number of nitrogens with one attached hydrogen (secondary N) is 1. The molecule has 2 aromatic rings. The number of halogens is 2. The predicted octanol–water partition coefficient (Wildman–Crippen LogP) is 3.89. The van der Waals surface area contributed by atoms with Gasteiger partial charge < -0.3 is 19.5 Å². The molecule has 1 aliphatic heterocycles. The zero-order chi connectivity index (χ0) is 19.6. The van der Waals surface area contributed by atoms with Gasteiger partial charge in [-0.3, -0.25) is 4.79 Å². The Hall–Kier alpha value is -2.26. The number of nitrogens with zero attached hydrogens (tertiary/aromatic N) is 1. The maximum absolute atomic E-state index is 12.4. The van der Waals surface area contributed by atoms with Crippen LogP contribution in [-0.2, 0) is 4.79 Å². The molecule has 3 rings (SSSR count). The molecule has 0 radical (unpaired) electrons. The Kier molecular flexibility index (Phi) is 5.91. The van der Waals surface area contributed by atoms with Crippen LogP contribution in [0.5, 0.6) is 17.2 Å². The van der Waals surface area contributed by atoms with Gasteiger partial charge in [-0.1, -0.05) is 11.6 Å². The summed E-state index contributed by atoms with van der Waals surface area (Å²) in [4.78, 5) is 16.8. The number of hydrogen-bond acceptors (Lipinski definition) is 5. The number of amides is 1. The van der Waals surface area contributed by atoms with Crippen LogP contribution < -0.4 is 19.5 Å². The summed E-state index contributed by atoms with van der Waals surface area (Å²) >= 11 is 8.42. The Morgan fingerprint density at radius 2 is 1.74 bits per heavy atom. The van der Waals surface area contributed by atoms with E-state index in [-0.39, 0.29) is 11.6 Å². The number of ether oxygens (including phenoxy) is 3. The summed E-state index contributed by atoms with van der Waals surface area (Å²) in [7, 11) is 4.60. The molecule has 140 valence electrons. The van der Waals surface area contributed by atoms with Crippen molar-refractivity contribution in [3.05, 3.63) is 55.7 Å². The molecule has 0 spiro atoms. The van der Waals surface area contributed by atoms with E-state index in [2.05, 4.69) is 32.9 Å². The Morgan fingerprint density at radius 3 is 2.33 bits per heavy atom. The summed E-state index contributed by atoms with van der Waals surface area (Å²) in [6.07, 6.45) is 1.65. The minimum Gasteiger partial charge on any atom is -0.493 e. The number of carbonyl (C=O) groups excluding carboxylic acids is 1. The molecule has 1 N–H and O–H groups in total. The predicted molar refractivity (Wildman–Crippen MR) is 113 cm³/mol. The third-order valence-corrected chi connectivity index (χ3v) is 4.87. The van der Waals surface area contributed by atoms with Crippen LogP contribution in [0.15, 0.2) is 41.0 Å². The van der Waals surface area contributed by atoms with Crippen LogP contribution in [0.2, 0.25) is 5.02 Å². The van der Waals surface area contributed by atoms with Crippen molar-refractivity contribution in [1.29, 1.82) is 0 Å². The van der Waals surface area contributed by atoms with Gasteiger partial charge in [-0.05, 0) is 64.6 Å². The number of benzene rings is 2. The van der Waals surface area contributed by atoms with Gasteiger partial charge in [-0.25, -0.2) is 4.99 Å². The van der Waals surface area contributed by atoms with Gasteiger partial charge in [0.1, 0.15) is 11.5 Å². The highest BCUT2D eigenvalue weighted by Crippen LogP contribution is 2.39. The van der Waals surface area contributed by atoms with Crippen LogP contribution in [0.25, 0.3) is 6.08 Å². The number of carbonyl (C=O) groups is 1. The van der Waals surface area contributed by atoms with E-state index in [1.807, 2.05) is 12.1 Å². The molecule has 0 aliphatic carbocycles. The fourth-order valence-electron chi connectivity index (χ4n) is 2.62. The molecule has 2 aromatic carbocycles. The number of rotatable bonds is 5. The van der Waals surface area contributed by atoms with Crippen molar-refractivity contribution in [2.24, 2.45) is 4.99 Å². The fraction of sp³-hybridized carbons (Fsp3) is 0.158. The molecule has 6 nitrogen and oxygen atoms in total. The molecule has 27 heavy (non-hydrogen) atoms. The van der Waals surface area contributed by atoms with Crippen molar-refractivity contribution >= 4 is 52.0 Å². The standard InChI is InChI=1S/C19H16ClIN2O4/c1-25-15-7-10(8-16(26-2)17(15)27-3)6-14-19(24)23-18(22-14)12-9-11(21)4-5-13(12)20/h4-9H,1-3H3,(H,22,23,24). The van der Waals surface area contributed by atoms with E-state index in [0.717, 1.165) is 3.57 Å². The SMILES string of the molecule is COc1cc(C=C2N=C(c3cc(I)ccc3Cl)NC2=O)cc(OC)c1OC. The average Bonchev–Trinajstić information content (AvgIpc) is 3.02. The van der Waals surface area contributed by atoms with Crippen molar-refractivity contribution in [3.8, 4) is 17.2 Å². The number of amidine groups is 1. The van der Waals surface area contributed by atoms with Gasteiger partial charge in [0, 0.05) is 9.13 Å². The summed E-state index contributed by atoms with van der Waals surface area (Å²) in [6, 6.07) is 9.01. The Labute approximate surface area is 175 Å². The molecule has 0 unspecified atom stereocenters. The van der Waals surface area contributed by atoms with Crippen LogP contribution in [-0.4, -0.2) is 33.1 Å². The van der Waals surface area contributed by atoms with Gasteiger partial charge in [0.25, 0.3) is 5.91 Å². The summed E-state index contributed by atoms with van der Waals surface area (Å²) in [6.45, 7) is 0. The van der Waals surface area contributed by atoms with Gasteiger partial charge in [-0.15, -0.1) is 0 Å². The van der Waals surface area contributed by atoms with Gasteiger partial charge in [-0.2, -0.15) is 0 Å². The molecular weight excluding hydrogens is 483 g/mol. The molecule has 0 atom stereocenters. The smallest absolute Gasteiger partial charge is 0.275 e. The van der Waals surface area contributed by atoms with Crippen LogP contribution in [0.4, 0.5) is 0 Å². The molecule has 0 bridgehead atoms. The molecule has 0 saturated carbocycles. The number of methoxy groups -OCH3 is 3. The van der Waals surface area contributed by atoms with E-state index in [1.165, 1.54) is 21.3 Å². The number of hydrogen-bond donors (Lipinski definition) is 1. The average molecular weight is 499 g/mol. The molecule has 0 fully saturated rings. The van der Waals surface area contributed by atoms with E-state index >= 15 is 0 Å². The van der Waals surface area contributed by atoms with Gasteiger partial charge in [0.15, 0.2) is 11.5 Å². The van der Waals surface area contributed by atoms with Crippen molar-refractivity contribution in [2.75, 3.05) is 21.3 Å². The summed E-state index contributed by atoms with van der Waals surface area (Å²) in [5, 5.41) is 3.27. The lowest BCUT2D eigenvalue weighted by Crippen LogP contribution is -2.25. The minimum absolute atomic E-state index is 0.259. The second-order valence-corrected chi connectivity index (χ2v) is 7.18. The highest BCUT2D eigenvalue weighted by atomic mass is 127. The summed E-state index contributed by atoms with van der Waals surface area (Å²) < 4.78 is 17.0. The molecule has 1 heterocycles. The zero-order valence-corrected chi connectivity index (χ0v) is 17.7. The second-order valence-electron chi connectivity index (χ2n) is 5.53. The monoisotopic (exact) mass is 498 g/mol. The summed E-state index contributed by atoms with van der Waals surface area (Å²) in [5.74, 6) is 1.57. The first-order valence-electron chi connectivity index (χ1n) is 7.84. The zero-order valence-electron chi connectivity index (χ0n) is 14.8. The highest BCUT2D eigenvalue weighted by Gasteiger charge is 2.23. The normalized spacial score (nSPS) is 14.8. The first-order chi connectivity index (χ1) is 13.0. The van der Waals surface area contributed by atoms with E-state index in [1.54, 1.807) is 24.3 Å². The Morgan fingerprint density at radius 1 is 1.07 bits per heavy atom. The van der Waals surface area contributed by atoms with Crippen LogP contribution >= 0.6 is 34.2 Å². The van der Waals surface area contributed by atoms with Crippen LogP contribution in [0.3, 0.4) is 0 Å². The van der Waals surface area contributed by atoms with Gasteiger partial charge in [0.05, 0.1) is 26.4 Å². The first kappa shape index (κ1) is 19.5. The maximum Gasteiger partial charge on any atom is 0.275 e. The van der Waals surface area contributed by atoms with Crippen molar-refractivity contribution in [3.63, 3.8) is 0 Å². The van der Waals surface area contributed by atoms with Gasteiger partial charge in [0.2, 0.25) is 5.75 Å². The van der Waals surface area contributed by atoms with Crippen LogP contribution in [0.1, 0.15) is 11.1 Å². The number of aliphatic imine (C=N–C) groups is 1. The van der Waals surface area contributed by atoms with Crippen molar-refractivity contribution in [2.45, 2.75) is 0 Å². The first-order valence-corrected chi connectivity index (χ1v) is 9.29. The Bertz CT molecular complexity index is 947. The lowest BCUT2D eigenvalue weighted by molar-refractivity contribution is -0.115. The third-order valence-electron chi connectivity index (χ3n) is 3.87. The van der Waals surface area contributed by atoms with Crippen LogP contribution in [0, 0.1) is 3.57 Å². The fourth-order valence-corrected chi connectivity index (χ4v) is 3.32. The molecule has 1 aliphatic rings. The van der Waals surface area contributed by atoms with E-state index < -0.39 is 0 Å². The maximum atomic E-state index is 12.4. The molecule has 1 amide bonds. The lowest BCUT2D eigenvalue weighted by atomic mass is 10.1. The lowest BCUT2D eigenvalue weighted by Gasteiger charge is -2.12. The summed E-state index contributed by atoms with van der Waals surface area (Å²) in [5.41, 5.74) is 1.62. The third kappa shape index (κ3) is 4.03. The molecule has 0 saturated heterocycles. The van der Waals surface area contributed by atoms with E-state index in [0.29, 0.717) is 39.2 Å². The van der Waals surface area contributed by atoms with Gasteiger partial charge >= 0.3 is 0 Å². The second kappa shape index (κ2) is 8.18. The molecular formula is C19H16ClIN2O4. The molecule has 0 aromatic heterocycles. The van der Waals surface area contributed by atoms with Crippen molar-refractivity contribution < 1.29 is 19.0 Å². The van der Waals surface area contributed by atoms with E-state index in [4.69, 9.17) is 25.8 Å². The molecule has 8 heteroatoms.